The number of aromatic nitrogens is 1. The predicted molar refractivity (Wildman–Crippen MR) is 140 cm³/mol. The molecule has 4 rings (SSSR count). The van der Waals surface area contributed by atoms with Gasteiger partial charge in [0.15, 0.2) is 0 Å². The van der Waals surface area contributed by atoms with Gasteiger partial charge >= 0.3 is 0 Å². The first-order valence-electron chi connectivity index (χ1n) is 11.0. The van der Waals surface area contributed by atoms with E-state index in [0.29, 0.717) is 34.9 Å². The fraction of sp³-hybridized carbons (Fsp3) is 0.200. The highest BCUT2D eigenvalue weighted by Crippen LogP contribution is 2.34. The summed E-state index contributed by atoms with van der Waals surface area (Å²) in [5.41, 5.74) is 1.32. The first-order valence-corrected chi connectivity index (χ1v) is 12.1. The molecule has 0 aliphatic carbocycles. The van der Waals surface area contributed by atoms with Gasteiger partial charge in [0.1, 0.15) is 11.4 Å². The van der Waals surface area contributed by atoms with Crippen molar-refractivity contribution in [2.45, 2.75) is 12.6 Å². The van der Waals surface area contributed by atoms with Crippen LogP contribution in [-0.2, 0) is 9.53 Å². The number of fused-ring (bicyclic) bond motifs is 1. The molecule has 1 aromatic heterocycles. The number of hydrogen-bond donors (Lipinski definition) is 2. The molecule has 1 aliphatic rings. The Balaban J connectivity index is 1.72. The molecule has 0 fully saturated rings. The van der Waals surface area contributed by atoms with Crippen LogP contribution in [0.5, 0.6) is 5.88 Å². The Hall–Kier alpha value is -3.24. The van der Waals surface area contributed by atoms with E-state index in [0.717, 1.165) is 12.3 Å². The summed E-state index contributed by atoms with van der Waals surface area (Å²) < 4.78 is 24.5. The molecule has 0 bridgehead atoms. The van der Waals surface area contributed by atoms with Crippen molar-refractivity contribution in [3.63, 3.8) is 0 Å². The molecule has 2 heterocycles. The normalized spacial score (nSPS) is 14.8. The zero-order chi connectivity index (χ0) is 26.5. The van der Waals surface area contributed by atoms with E-state index in [1.165, 1.54) is 12.1 Å². The van der Waals surface area contributed by atoms with Crippen molar-refractivity contribution in [2.24, 2.45) is 4.99 Å². The maximum atomic E-state index is 14.0. The molecule has 1 unspecified atom stereocenters. The quantitative estimate of drug-likeness (QED) is 0.368. The Kier molecular flexibility index (Phi) is 8.60. The van der Waals surface area contributed by atoms with Crippen LogP contribution in [0.1, 0.15) is 27.9 Å². The molecule has 2 aromatic carbocycles. The molecule has 192 valence electrons. The molecular weight excluding hydrogens is 546 g/mol. The number of para-hydroxylation sites is 1. The predicted octanol–water partition coefficient (Wildman–Crippen LogP) is 5.14. The number of benzene rings is 2. The number of rotatable bonds is 8. The number of pyridine rings is 1. The lowest BCUT2D eigenvalue weighted by Crippen LogP contribution is -2.42. The van der Waals surface area contributed by atoms with Gasteiger partial charge in [-0.25, -0.2) is 14.4 Å². The molecule has 12 heteroatoms. The zero-order valence-electron chi connectivity index (χ0n) is 19.4. The number of nitrogens with one attached hydrogen (secondary N) is 2. The van der Waals surface area contributed by atoms with Crippen molar-refractivity contribution < 1.29 is 23.5 Å². The lowest BCUT2D eigenvalue weighted by atomic mass is 10.0. The maximum Gasteiger partial charge on any atom is 0.269 e. The van der Waals surface area contributed by atoms with E-state index in [1.54, 1.807) is 31.4 Å². The van der Waals surface area contributed by atoms with E-state index in [-0.39, 0.29) is 33.8 Å². The Bertz CT molecular complexity index is 1360. The van der Waals surface area contributed by atoms with E-state index < -0.39 is 23.8 Å². The first-order chi connectivity index (χ1) is 17.8. The minimum atomic E-state index is -1.43. The van der Waals surface area contributed by atoms with Crippen LogP contribution in [0.15, 0.2) is 53.7 Å². The van der Waals surface area contributed by atoms with Crippen LogP contribution in [0, 0.1) is 5.82 Å². The van der Waals surface area contributed by atoms with Crippen LogP contribution < -0.4 is 15.4 Å². The molecule has 2 N–H and O–H groups in total. The molecule has 8 nitrogen and oxygen atoms in total. The smallest absolute Gasteiger partial charge is 0.269 e. The first kappa shape index (κ1) is 26.8. The second kappa shape index (κ2) is 11.9. The van der Waals surface area contributed by atoms with Gasteiger partial charge in [0, 0.05) is 36.3 Å². The highest BCUT2D eigenvalue weighted by molar-refractivity contribution is 6.44. The van der Waals surface area contributed by atoms with E-state index in [1.807, 2.05) is 0 Å². The lowest BCUT2D eigenvalue weighted by Gasteiger charge is -2.16. The number of benzodiazepines with no additional fused rings is 1. The third-order valence-electron chi connectivity index (χ3n) is 5.25. The van der Waals surface area contributed by atoms with Gasteiger partial charge in [-0.05, 0) is 24.3 Å². The Morgan fingerprint density at radius 3 is 2.59 bits per heavy atom. The molecule has 0 spiro atoms. The third-order valence-corrected chi connectivity index (χ3v) is 6.07. The summed E-state index contributed by atoms with van der Waals surface area (Å²) >= 11 is 19.0. The van der Waals surface area contributed by atoms with Gasteiger partial charge in [0.2, 0.25) is 12.0 Å². The van der Waals surface area contributed by atoms with Crippen molar-refractivity contribution in [3.8, 4) is 5.88 Å². The fourth-order valence-electron chi connectivity index (χ4n) is 3.60. The van der Waals surface area contributed by atoms with E-state index in [2.05, 4.69) is 20.6 Å². The van der Waals surface area contributed by atoms with Crippen LogP contribution in [0.2, 0.25) is 15.1 Å². The number of nitrogens with zero attached hydrogens (tertiary/aromatic N) is 2. The highest BCUT2D eigenvalue weighted by atomic mass is 35.5. The molecular formula is C25H20Cl3FN4O4. The van der Waals surface area contributed by atoms with Crippen molar-refractivity contribution in [2.75, 3.05) is 25.6 Å². The fourth-order valence-corrected chi connectivity index (χ4v) is 4.60. The number of halogens is 4. The summed E-state index contributed by atoms with van der Waals surface area (Å²) in [6, 6.07) is 10.8. The average Bonchev–Trinajstić information content (AvgIpc) is 2.98. The van der Waals surface area contributed by atoms with Crippen LogP contribution in [0.4, 0.5) is 10.1 Å². The summed E-state index contributed by atoms with van der Waals surface area (Å²) in [7, 11) is 1.55. The van der Waals surface area contributed by atoms with Crippen LogP contribution >= 0.6 is 34.8 Å². The molecule has 2 amide bonds. The van der Waals surface area contributed by atoms with Gasteiger partial charge < -0.3 is 20.1 Å². The number of methoxy groups -OCH3 is 1. The Morgan fingerprint density at radius 1 is 1.14 bits per heavy atom. The molecule has 0 radical (unpaired) electrons. The van der Waals surface area contributed by atoms with Crippen molar-refractivity contribution >= 4 is 58.0 Å². The summed E-state index contributed by atoms with van der Waals surface area (Å²) in [4.78, 5) is 34.7. The lowest BCUT2D eigenvalue weighted by molar-refractivity contribution is -0.117. The number of hydrogen-bond acceptors (Lipinski definition) is 6. The number of aliphatic imine (C=N–C) groups is 1. The third kappa shape index (κ3) is 6.19. The van der Waals surface area contributed by atoms with Gasteiger partial charge in [-0.3, -0.25) is 9.59 Å². The zero-order valence-corrected chi connectivity index (χ0v) is 21.6. The van der Waals surface area contributed by atoms with Crippen molar-refractivity contribution in [3.05, 3.63) is 86.2 Å². The van der Waals surface area contributed by atoms with Crippen LogP contribution in [0.25, 0.3) is 0 Å². The standard InChI is InChI=1S/C25H20Cl3FN4O4/c1-36-7-4-8-37-25-16(11-14(29)12-30-25)23(34)33-22-24(35)31-19-6-3-2-5-15(19)21(32-22)20-17(27)9-13(26)10-18(20)28/h2-3,5-6,9-12,22H,4,7-8H2,1H3,(H,31,35)(H,33,34). The second-order valence-electron chi connectivity index (χ2n) is 7.83. The van der Waals surface area contributed by atoms with Crippen molar-refractivity contribution in [1.29, 1.82) is 0 Å². The summed E-state index contributed by atoms with van der Waals surface area (Å²) in [5.74, 6) is -2.31. The Labute approximate surface area is 226 Å². The number of carbonyl (C=O) groups excluding carboxylic acids is 2. The van der Waals surface area contributed by atoms with Crippen molar-refractivity contribution in [1.82, 2.24) is 10.3 Å². The Morgan fingerprint density at radius 2 is 1.86 bits per heavy atom. The minimum Gasteiger partial charge on any atom is -0.477 e. The second-order valence-corrected chi connectivity index (χ2v) is 9.08. The SMILES string of the molecule is COCCCOc1ncc(F)cc1C(=O)NC1N=C(c2c(Cl)cc(Cl)cc2Cl)c2ccccc2NC1=O. The molecule has 1 atom stereocenters. The van der Waals surface area contributed by atoms with Gasteiger partial charge in [0.25, 0.3) is 11.8 Å². The van der Waals surface area contributed by atoms with E-state index in [9.17, 15) is 14.0 Å². The van der Waals surface area contributed by atoms with E-state index in [4.69, 9.17) is 44.3 Å². The topological polar surface area (TPSA) is 102 Å². The molecule has 3 aromatic rings. The minimum absolute atomic E-state index is 0.0969. The molecule has 0 saturated heterocycles. The largest absolute Gasteiger partial charge is 0.477 e. The molecule has 1 aliphatic heterocycles. The number of amides is 2. The number of ether oxygens (including phenoxy) is 2. The maximum absolute atomic E-state index is 14.0. The molecule has 37 heavy (non-hydrogen) atoms. The van der Waals surface area contributed by atoms with Gasteiger partial charge in [-0.1, -0.05) is 53.0 Å². The van der Waals surface area contributed by atoms with Crippen LogP contribution in [-0.4, -0.2) is 49.0 Å². The van der Waals surface area contributed by atoms with Crippen LogP contribution in [0.3, 0.4) is 0 Å². The monoisotopic (exact) mass is 564 g/mol. The van der Waals surface area contributed by atoms with E-state index >= 15 is 0 Å². The number of carbonyl (C=O) groups is 2. The summed E-state index contributed by atoms with van der Waals surface area (Å²) in [6.45, 7) is 0.612. The van der Waals surface area contributed by atoms with Gasteiger partial charge in [0.05, 0.1) is 34.2 Å². The van der Waals surface area contributed by atoms with Gasteiger partial charge in [-0.15, -0.1) is 0 Å². The number of anilines is 1. The van der Waals surface area contributed by atoms with Gasteiger partial charge in [-0.2, -0.15) is 0 Å². The summed E-state index contributed by atoms with van der Waals surface area (Å²) in [5, 5.41) is 5.97. The average molecular weight is 566 g/mol. The highest BCUT2D eigenvalue weighted by Gasteiger charge is 2.30. The molecule has 0 saturated carbocycles. The summed E-state index contributed by atoms with van der Waals surface area (Å²) in [6.07, 6.45) is 0.0244.